The summed E-state index contributed by atoms with van der Waals surface area (Å²) in [6.07, 6.45) is 25.6. The average Bonchev–Trinajstić information content (AvgIpc) is 2.56. The van der Waals surface area contributed by atoms with Crippen molar-refractivity contribution < 1.29 is 4.79 Å². The van der Waals surface area contributed by atoms with Crippen LogP contribution in [0.3, 0.4) is 0 Å². The van der Waals surface area contributed by atoms with Gasteiger partial charge < -0.3 is 5.32 Å². The second-order valence-corrected chi connectivity index (χ2v) is 5.95. The maximum Gasteiger partial charge on any atom is 0.219 e. The van der Waals surface area contributed by atoms with Crippen molar-refractivity contribution in [2.75, 3.05) is 6.54 Å². The molecule has 0 aromatic carbocycles. The van der Waals surface area contributed by atoms with Gasteiger partial charge in [-0.25, -0.2) is 0 Å². The van der Waals surface area contributed by atoms with Gasteiger partial charge >= 0.3 is 0 Å². The minimum Gasteiger partial charge on any atom is -0.356 e. The van der Waals surface area contributed by atoms with E-state index in [1.54, 1.807) is 0 Å². The van der Waals surface area contributed by atoms with Crippen molar-refractivity contribution in [1.29, 1.82) is 0 Å². The Balaban J connectivity index is 3.28. The average molecular weight is 320 g/mol. The zero-order valence-electron chi connectivity index (χ0n) is 15.4. The van der Waals surface area contributed by atoms with Crippen LogP contribution in [0.4, 0.5) is 0 Å². The van der Waals surface area contributed by atoms with E-state index in [9.17, 15) is 4.79 Å². The Morgan fingerprint density at radius 2 is 1.39 bits per heavy atom. The van der Waals surface area contributed by atoms with Crippen LogP contribution in [-0.4, -0.2) is 12.5 Å². The topological polar surface area (TPSA) is 29.1 Å². The Bertz CT molecular complexity index is 342. The molecule has 1 N–H and O–H groups in total. The SMILES string of the molecule is CC/C=C\C/C=C\C/C=C\CCCCCCCC(=O)NCCC. The molecule has 0 rings (SSSR count). The first-order chi connectivity index (χ1) is 11.3. The van der Waals surface area contributed by atoms with E-state index in [0.29, 0.717) is 6.42 Å². The lowest BCUT2D eigenvalue weighted by atomic mass is 10.1. The molecule has 0 heterocycles. The third-order valence-electron chi connectivity index (χ3n) is 3.63. The summed E-state index contributed by atoms with van der Waals surface area (Å²) in [5.41, 5.74) is 0. The molecule has 0 aliphatic rings. The van der Waals surface area contributed by atoms with Gasteiger partial charge in [0.05, 0.1) is 0 Å². The molecule has 0 unspecified atom stereocenters. The Labute approximate surface area is 144 Å². The summed E-state index contributed by atoms with van der Waals surface area (Å²) in [5.74, 6) is 0.216. The fourth-order valence-electron chi connectivity index (χ4n) is 2.26. The van der Waals surface area contributed by atoms with E-state index in [-0.39, 0.29) is 5.91 Å². The number of amides is 1. The van der Waals surface area contributed by atoms with Gasteiger partial charge in [0.15, 0.2) is 0 Å². The van der Waals surface area contributed by atoms with Crippen LogP contribution in [0.5, 0.6) is 0 Å². The van der Waals surface area contributed by atoms with Crippen molar-refractivity contribution >= 4 is 5.91 Å². The van der Waals surface area contributed by atoms with Gasteiger partial charge in [0.25, 0.3) is 0 Å². The molecule has 0 aliphatic heterocycles. The summed E-state index contributed by atoms with van der Waals surface area (Å²) in [5, 5.41) is 2.92. The van der Waals surface area contributed by atoms with E-state index >= 15 is 0 Å². The summed E-state index contributed by atoms with van der Waals surface area (Å²) in [6, 6.07) is 0. The van der Waals surface area contributed by atoms with Crippen LogP contribution in [0.25, 0.3) is 0 Å². The molecule has 0 saturated heterocycles. The highest BCUT2D eigenvalue weighted by Gasteiger charge is 1.98. The maximum atomic E-state index is 11.4. The lowest BCUT2D eigenvalue weighted by molar-refractivity contribution is -0.121. The summed E-state index contributed by atoms with van der Waals surface area (Å²) >= 11 is 0. The minimum atomic E-state index is 0.216. The van der Waals surface area contributed by atoms with Crippen LogP contribution >= 0.6 is 0 Å². The third kappa shape index (κ3) is 18.6. The lowest BCUT2D eigenvalue weighted by Gasteiger charge is -2.03. The van der Waals surface area contributed by atoms with Crippen molar-refractivity contribution in [2.24, 2.45) is 0 Å². The number of carbonyl (C=O) groups excluding carboxylic acids is 1. The first-order valence-electron chi connectivity index (χ1n) is 9.52. The predicted octanol–water partition coefficient (Wildman–Crippen LogP) is 6.10. The van der Waals surface area contributed by atoms with Crippen LogP contribution in [0, 0.1) is 0 Å². The summed E-state index contributed by atoms with van der Waals surface area (Å²) < 4.78 is 0. The van der Waals surface area contributed by atoms with E-state index in [0.717, 1.165) is 38.6 Å². The van der Waals surface area contributed by atoms with Gasteiger partial charge in [-0.2, -0.15) is 0 Å². The van der Waals surface area contributed by atoms with Gasteiger partial charge in [0.2, 0.25) is 5.91 Å². The molecule has 2 heteroatoms. The molecular formula is C21H37NO. The monoisotopic (exact) mass is 319 g/mol. The number of unbranched alkanes of at least 4 members (excludes halogenated alkanes) is 5. The van der Waals surface area contributed by atoms with Crippen molar-refractivity contribution in [3.8, 4) is 0 Å². The summed E-state index contributed by atoms with van der Waals surface area (Å²) in [4.78, 5) is 11.4. The van der Waals surface area contributed by atoms with E-state index in [4.69, 9.17) is 0 Å². The van der Waals surface area contributed by atoms with Gasteiger partial charge in [-0.05, 0) is 44.9 Å². The molecule has 0 atom stereocenters. The molecule has 1 amide bonds. The predicted molar refractivity (Wildman–Crippen MR) is 103 cm³/mol. The van der Waals surface area contributed by atoms with Crippen LogP contribution in [0.2, 0.25) is 0 Å². The number of carbonyl (C=O) groups is 1. The Morgan fingerprint density at radius 1 is 0.783 bits per heavy atom. The van der Waals surface area contributed by atoms with Crippen molar-refractivity contribution in [2.45, 2.75) is 84.5 Å². The van der Waals surface area contributed by atoms with Crippen molar-refractivity contribution in [3.63, 3.8) is 0 Å². The highest BCUT2D eigenvalue weighted by atomic mass is 16.1. The van der Waals surface area contributed by atoms with Crippen LogP contribution in [0.15, 0.2) is 36.5 Å². The molecule has 2 nitrogen and oxygen atoms in total. The third-order valence-corrected chi connectivity index (χ3v) is 3.63. The van der Waals surface area contributed by atoms with Gasteiger partial charge in [-0.3, -0.25) is 4.79 Å². The largest absolute Gasteiger partial charge is 0.356 e. The van der Waals surface area contributed by atoms with E-state index < -0.39 is 0 Å². The molecule has 132 valence electrons. The quantitative estimate of drug-likeness (QED) is 0.287. The zero-order chi connectivity index (χ0) is 17.0. The Morgan fingerprint density at radius 3 is 2.09 bits per heavy atom. The fourth-order valence-corrected chi connectivity index (χ4v) is 2.26. The first kappa shape index (κ1) is 21.7. The highest BCUT2D eigenvalue weighted by Crippen LogP contribution is 2.08. The number of hydrogen-bond donors (Lipinski definition) is 1. The van der Waals surface area contributed by atoms with Crippen LogP contribution in [0.1, 0.15) is 84.5 Å². The summed E-state index contributed by atoms with van der Waals surface area (Å²) in [6.45, 7) is 5.05. The lowest BCUT2D eigenvalue weighted by Crippen LogP contribution is -2.23. The molecule has 0 fully saturated rings. The van der Waals surface area contributed by atoms with Gasteiger partial charge in [-0.1, -0.05) is 69.6 Å². The molecule has 0 saturated carbocycles. The van der Waals surface area contributed by atoms with Crippen LogP contribution in [-0.2, 0) is 4.79 Å². The normalized spacial score (nSPS) is 11.9. The van der Waals surface area contributed by atoms with Gasteiger partial charge in [0.1, 0.15) is 0 Å². The molecule has 0 aliphatic carbocycles. The number of rotatable bonds is 15. The molecule has 0 radical (unpaired) electrons. The van der Waals surface area contributed by atoms with E-state index in [1.165, 1.54) is 32.1 Å². The molecule has 0 aromatic heterocycles. The summed E-state index contributed by atoms with van der Waals surface area (Å²) in [7, 11) is 0. The van der Waals surface area contributed by atoms with E-state index in [2.05, 4.69) is 55.6 Å². The molecule has 0 spiro atoms. The van der Waals surface area contributed by atoms with Crippen molar-refractivity contribution in [1.82, 2.24) is 5.32 Å². The molecule has 0 bridgehead atoms. The molecule has 0 aromatic rings. The second kappa shape index (κ2) is 18.7. The van der Waals surface area contributed by atoms with E-state index in [1.807, 2.05) is 0 Å². The van der Waals surface area contributed by atoms with Crippen molar-refractivity contribution in [3.05, 3.63) is 36.5 Å². The fraction of sp³-hybridized carbons (Fsp3) is 0.667. The number of allylic oxidation sites excluding steroid dienone is 6. The van der Waals surface area contributed by atoms with Crippen LogP contribution < -0.4 is 5.32 Å². The minimum absolute atomic E-state index is 0.216. The first-order valence-corrected chi connectivity index (χ1v) is 9.52. The highest BCUT2D eigenvalue weighted by molar-refractivity contribution is 5.75. The second-order valence-electron chi connectivity index (χ2n) is 5.95. The number of hydrogen-bond acceptors (Lipinski definition) is 1. The van der Waals surface area contributed by atoms with Gasteiger partial charge in [-0.15, -0.1) is 0 Å². The number of nitrogens with one attached hydrogen (secondary N) is 1. The van der Waals surface area contributed by atoms with Gasteiger partial charge in [0, 0.05) is 13.0 Å². The smallest absolute Gasteiger partial charge is 0.219 e. The molecule has 23 heavy (non-hydrogen) atoms. The standard InChI is InChI=1S/C21H37NO/c1-3-5-6-7-8-9-10-11-12-13-14-15-16-17-18-19-21(23)22-20-4-2/h5-6,8-9,11-12H,3-4,7,10,13-20H2,1-2H3,(H,22,23)/b6-5-,9-8-,12-11-. The zero-order valence-corrected chi connectivity index (χ0v) is 15.4. The molecular weight excluding hydrogens is 282 g/mol. The maximum absolute atomic E-state index is 11.4. The Hall–Kier alpha value is -1.31. The Kier molecular flexibility index (Phi) is 17.7.